The molecule has 0 amide bonds. The molecule has 4 nitrogen and oxygen atoms in total. The summed E-state index contributed by atoms with van der Waals surface area (Å²) in [7, 11) is -3.45. The van der Waals surface area contributed by atoms with Gasteiger partial charge in [0.15, 0.2) is 5.78 Å². The van der Waals surface area contributed by atoms with Gasteiger partial charge >= 0.3 is 0 Å². The average Bonchev–Trinajstić information content (AvgIpc) is 2.54. The third-order valence-electron chi connectivity index (χ3n) is 5.06. The molecule has 2 fully saturated rings. The molecule has 1 saturated heterocycles. The van der Waals surface area contributed by atoms with Crippen LogP contribution in [0.4, 0.5) is 0 Å². The zero-order valence-corrected chi connectivity index (χ0v) is 13.8. The van der Waals surface area contributed by atoms with E-state index in [9.17, 15) is 13.2 Å². The Morgan fingerprint density at radius 2 is 1.68 bits per heavy atom. The number of nitrogens with zero attached hydrogens (tertiary/aromatic N) is 1. The maximum atomic E-state index is 13.0. The predicted molar refractivity (Wildman–Crippen MR) is 85.3 cm³/mol. The molecular formula is C17H23NO3S. The molecule has 1 heterocycles. The second-order valence-corrected chi connectivity index (χ2v) is 8.34. The van der Waals surface area contributed by atoms with Gasteiger partial charge in [-0.25, -0.2) is 8.42 Å². The van der Waals surface area contributed by atoms with Gasteiger partial charge < -0.3 is 0 Å². The number of rotatable bonds is 3. The van der Waals surface area contributed by atoms with Crippen molar-refractivity contribution in [3.63, 3.8) is 0 Å². The predicted octanol–water partition coefficient (Wildman–Crippen LogP) is 3.23. The summed E-state index contributed by atoms with van der Waals surface area (Å²) in [5, 5.41) is 0. The van der Waals surface area contributed by atoms with Crippen LogP contribution in [-0.4, -0.2) is 31.1 Å². The molecule has 5 heteroatoms. The second kappa shape index (κ2) is 6.13. The highest BCUT2D eigenvalue weighted by molar-refractivity contribution is 7.89. The van der Waals surface area contributed by atoms with Gasteiger partial charge in [0.25, 0.3) is 0 Å². The van der Waals surface area contributed by atoms with Crippen molar-refractivity contribution in [2.45, 2.75) is 56.4 Å². The van der Waals surface area contributed by atoms with Crippen molar-refractivity contribution >= 4 is 15.8 Å². The summed E-state index contributed by atoms with van der Waals surface area (Å²) in [6, 6.07) is 6.52. The Morgan fingerprint density at radius 1 is 1.05 bits per heavy atom. The molecular weight excluding hydrogens is 298 g/mol. The molecule has 22 heavy (non-hydrogen) atoms. The Morgan fingerprint density at radius 3 is 2.36 bits per heavy atom. The van der Waals surface area contributed by atoms with Crippen molar-refractivity contribution in [3.05, 3.63) is 29.8 Å². The molecule has 1 aromatic carbocycles. The number of piperidine rings is 1. The van der Waals surface area contributed by atoms with Crippen LogP contribution in [0.15, 0.2) is 29.2 Å². The van der Waals surface area contributed by atoms with Gasteiger partial charge in [0.2, 0.25) is 10.0 Å². The Labute approximate surface area is 132 Å². The van der Waals surface area contributed by atoms with Gasteiger partial charge in [-0.2, -0.15) is 4.31 Å². The number of hydrogen-bond acceptors (Lipinski definition) is 3. The Balaban J connectivity index is 1.89. The maximum absolute atomic E-state index is 13.0. The zero-order chi connectivity index (χ0) is 15.7. The highest BCUT2D eigenvalue weighted by Crippen LogP contribution is 2.38. The van der Waals surface area contributed by atoms with E-state index in [1.807, 2.05) is 0 Å². The fourth-order valence-electron chi connectivity index (χ4n) is 3.87. The fourth-order valence-corrected chi connectivity index (χ4v) is 5.63. The first kappa shape index (κ1) is 15.7. The molecule has 3 rings (SSSR count). The number of sulfonamides is 1. The lowest BCUT2D eigenvalue weighted by Crippen LogP contribution is -2.49. The highest BCUT2D eigenvalue weighted by atomic mass is 32.2. The summed E-state index contributed by atoms with van der Waals surface area (Å²) < 4.78 is 27.7. The average molecular weight is 321 g/mol. The van der Waals surface area contributed by atoms with Crippen LogP contribution in [0.25, 0.3) is 0 Å². The van der Waals surface area contributed by atoms with Crippen molar-refractivity contribution in [3.8, 4) is 0 Å². The van der Waals surface area contributed by atoms with Crippen LogP contribution in [0.2, 0.25) is 0 Å². The van der Waals surface area contributed by atoms with Crippen LogP contribution in [0.1, 0.15) is 55.8 Å². The van der Waals surface area contributed by atoms with Crippen molar-refractivity contribution in [2.24, 2.45) is 5.92 Å². The molecule has 1 saturated carbocycles. The first-order valence-electron chi connectivity index (χ1n) is 8.13. The minimum Gasteiger partial charge on any atom is -0.295 e. The minimum absolute atomic E-state index is 0.0470. The number of ketones is 1. The van der Waals surface area contributed by atoms with E-state index in [0.29, 0.717) is 22.9 Å². The lowest BCUT2D eigenvalue weighted by atomic mass is 9.79. The summed E-state index contributed by atoms with van der Waals surface area (Å²) in [5.74, 6) is 0.475. The fraction of sp³-hybridized carbons (Fsp3) is 0.588. The van der Waals surface area contributed by atoms with Gasteiger partial charge in [0, 0.05) is 18.2 Å². The molecule has 0 N–H and O–H groups in total. The maximum Gasteiger partial charge on any atom is 0.243 e. The smallest absolute Gasteiger partial charge is 0.243 e. The van der Waals surface area contributed by atoms with E-state index in [4.69, 9.17) is 0 Å². The van der Waals surface area contributed by atoms with Gasteiger partial charge in [0.05, 0.1) is 4.90 Å². The number of benzene rings is 1. The molecule has 120 valence electrons. The molecule has 2 atom stereocenters. The van der Waals surface area contributed by atoms with Gasteiger partial charge in [0.1, 0.15) is 0 Å². The summed E-state index contributed by atoms with van der Waals surface area (Å²) in [4.78, 5) is 11.6. The Kier molecular flexibility index (Phi) is 4.37. The molecule has 0 unspecified atom stereocenters. The first-order chi connectivity index (χ1) is 10.5. The molecule has 1 aliphatic heterocycles. The summed E-state index contributed by atoms with van der Waals surface area (Å²) in [6.45, 7) is 2.11. The van der Waals surface area contributed by atoms with E-state index < -0.39 is 10.0 Å². The molecule has 0 bridgehead atoms. The Hall–Kier alpha value is -1.20. The highest BCUT2D eigenvalue weighted by Gasteiger charge is 2.39. The minimum atomic E-state index is -3.45. The number of carbonyl (C=O) groups excluding carboxylic acids is 1. The second-order valence-electron chi connectivity index (χ2n) is 6.45. The SMILES string of the molecule is CC(=O)c1ccc(S(=O)(=O)N2CCC[C@H]3CCCC[C@@H]32)cc1. The summed E-state index contributed by atoms with van der Waals surface area (Å²) in [6.07, 6.45) is 6.58. The Bertz CT molecular complexity index is 649. The van der Waals surface area contributed by atoms with Crippen molar-refractivity contribution in [1.29, 1.82) is 0 Å². The van der Waals surface area contributed by atoms with Crippen LogP contribution in [0.5, 0.6) is 0 Å². The van der Waals surface area contributed by atoms with Crippen LogP contribution < -0.4 is 0 Å². The summed E-state index contributed by atoms with van der Waals surface area (Å²) in [5.41, 5.74) is 0.549. The standard InChI is InChI=1S/C17H23NO3S/c1-13(19)14-8-10-16(11-9-14)22(20,21)18-12-4-6-15-5-2-3-7-17(15)18/h8-11,15,17H,2-7,12H2,1H3/t15-,17+/m1/s1. The van der Waals surface area contributed by atoms with Crippen molar-refractivity contribution in [2.75, 3.05) is 6.54 Å². The van der Waals surface area contributed by atoms with Crippen LogP contribution >= 0.6 is 0 Å². The van der Waals surface area contributed by atoms with Crippen LogP contribution in [0.3, 0.4) is 0 Å². The molecule has 0 aromatic heterocycles. The molecule has 0 spiro atoms. The number of Topliss-reactive ketones (excluding diaryl/α,β-unsaturated/α-hetero) is 1. The van der Waals surface area contributed by atoms with Crippen molar-refractivity contribution in [1.82, 2.24) is 4.31 Å². The number of carbonyl (C=O) groups is 1. The third kappa shape index (κ3) is 2.84. The molecule has 1 aliphatic carbocycles. The van der Waals surface area contributed by atoms with Gasteiger partial charge in [-0.05, 0) is 50.7 Å². The largest absolute Gasteiger partial charge is 0.295 e. The normalized spacial score (nSPS) is 26.4. The first-order valence-corrected chi connectivity index (χ1v) is 9.57. The molecule has 2 aliphatic rings. The molecule has 1 aromatic rings. The monoisotopic (exact) mass is 321 g/mol. The quantitative estimate of drug-likeness (QED) is 0.803. The molecule has 0 radical (unpaired) electrons. The summed E-state index contributed by atoms with van der Waals surface area (Å²) >= 11 is 0. The van der Waals surface area contributed by atoms with Crippen LogP contribution in [0, 0.1) is 5.92 Å². The number of hydrogen-bond donors (Lipinski definition) is 0. The zero-order valence-electron chi connectivity index (χ0n) is 13.0. The van der Waals surface area contributed by atoms with E-state index in [2.05, 4.69) is 0 Å². The van der Waals surface area contributed by atoms with E-state index in [0.717, 1.165) is 32.1 Å². The third-order valence-corrected chi connectivity index (χ3v) is 7.00. The lowest BCUT2D eigenvalue weighted by Gasteiger charge is -2.43. The van der Waals surface area contributed by atoms with Gasteiger partial charge in [-0.15, -0.1) is 0 Å². The topological polar surface area (TPSA) is 54.5 Å². The van der Waals surface area contributed by atoms with Crippen LogP contribution in [-0.2, 0) is 10.0 Å². The van der Waals surface area contributed by atoms with E-state index in [-0.39, 0.29) is 11.8 Å². The van der Waals surface area contributed by atoms with E-state index >= 15 is 0 Å². The van der Waals surface area contributed by atoms with E-state index in [1.54, 1.807) is 28.6 Å². The number of fused-ring (bicyclic) bond motifs is 1. The van der Waals surface area contributed by atoms with E-state index in [1.165, 1.54) is 13.3 Å². The van der Waals surface area contributed by atoms with Crippen molar-refractivity contribution < 1.29 is 13.2 Å². The van der Waals surface area contributed by atoms with Gasteiger partial charge in [-0.3, -0.25) is 4.79 Å². The van der Waals surface area contributed by atoms with Gasteiger partial charge in [-0.1, -0.05) is 25.0 Å². The lowest BCUT2D eigenvalue weighted by molar-refractivity contribution is 0.101.